The third-order valence-corrected chi connectivity index (χ3v) is 2.17. The number of nitrogens with zero attached hydrogens (tertiary/aromatic N) is 1. The highest BCUT2D eigenvalue weighted by atomic mass is 16.3. The second-order valence-corrected chi connectivity index (χ2v) is 3.69. The SMILES string of the molecule is CN(C)C=C1C(=O)Nc2ccc(O)cc21. The first kappa shape index (κ1) is 9.58. The van der Waals surface area contributed by atoms with Crippen LogP contribution in [-0.2, 0) is 4.79 Å². The van der Waals surface area contributed by atoms with Gasteiger partial charge in [-0.2, -0.15) is 0 Å². The lowest BCUT2D eigenvalue weighted by Crippen LogP contribution is -2.08. The molecule has 0 bridgehead atoms. The second kappa shape index (κ2) is 3.31. The molecule has 1 amide bonds. The van der Waals surface area contributed by atoms with E-state index in [2.05, 4.69) is 5.32 Å². The molecular formula is C11H12N2O2. The van der Waals surface area contributed by atoms with Gasteiger partial charge in [0.2, 0.25) is 0 Å². The van der Waals surface area contributed by atoms with Crippen LogP contribution >= 0.6 is 0 Å². The van der Waals surface area contributed by atoms with E-state index in [9.17, 15) is 9.90 Å². The summed E-state index contributed by atoms with van der Waals surface area (Å²) in [7, 11) is 3.70. The van der Waals surface area contributed by atoms with Crippen molar-refractivity contribution in [2.45, 2.75) is 0 Å². The number of aromatic hydroxyl groups is 1. The summed E-state index contributed by atoms with van der Waals surface area (Å²) in [5, 5.41) is 12.1. The van der Waals surface area contributed by atoms with Gasteiger partial charge >= 0.3 is 0 Å². The Hall–Kier alpha value is -1.97. The van der Waals surface area contributed by atoms with Crippen molar-refractivity contribution in [1.82, 2.24) is 4.90 Å². The molecule has 0 saturated heterocycles. The van der Waals surface area contributed by atoms with Gasteiger partial charge in [0.25, 0.3) is 5.91 Å². The summed E-state index contributed by atoms with van der Waals surface area (Å²) in [6.45, 7) is 0. The number of rotatable bonds is 1. The largest absolute Gasteiger partial charge is 0.508 e. The maximum Gasteiger partial charge on any atom is 0.257 e. The molecule has 1 aromatic rings. The van der Waals surface area contributed by atoms with E-state index < -0.39 is 0 Å². The lowest BCUT2D eigenvalue weighted by Gasteiger charge is -2.06. The maximum absolute atomic E-state index is 11.6. The number of hydrogen-bond donors (Lipinski definition) is 2. The molecule has 4 nitrogen and oxygen atoms in total. The summed E-state index contributed by atoms with van der Waals surface area (Å²) in [5.74, 6) is 0.0270. The molecule has 0 aliphatic carbocycles. The minimum atomic E-state index is -0.135. The van der Waals surface area contributed by atoms with Crippen LogP contribution in [0, 0.1) is 0 Å². The Labute approximate surface area is 87.8 Å². The topological polar surface area (TPSA) is 52.6 Å². The first-order valence-electron chi connectivity index (χ1n) is 4.61. The summed E-state index contributed by atoms with van der Waals surface area (Å²) in [6, 6.07) is 4.83. The summed E-state index contributed by atoms with van der Waals surface area (Å²) >= 11 is 0. The molecule has 0 atom stereocenters. The predicted octanol–water partition coefficient (Wildman–Crippen LogP) is 1.25. The molecular weight excluding hydrogens is 192 g/mol. The van der Waals surface area contributed by atoms with Crippen LogP contribution < -0.4 is 5.32 Å². The van der Waals surface area contributed by atoms with Crippen LogP contribution in [0.15, 0.2) is 24.4 Å². The molecule has 1 aliphatic heterocycles. The van der Waals surface area contributed by atoms with Crippen LogP contribution in [0.4, 0.5) is 5.69 Å². The van der Waals surface area contributed by atoms with E-state index in [1.807, 2.05) is 14.1 Å². The van der Waals surface area contributed by atoms with Crippen LogP contribution in [-0.4, -0.2) is 30.0 Å². The number of phenols is 1. The molecule has 0 unspecified atom stereocenters. The number of carbonyl (C=O) groups excluding carboxylic acids is 1. The Balaban J connectivity index is 2.53. The first-order valence-corrected chi connectivity index (χ1v) is 4.61. The first-order chi connectivity index (χ1) is 7.08. The average molecular weight is 204 g/mol. The normalized spacial score (nSPS) is 16.4. The van der Waals surface area contributed by atoms with Gasteiger partial charge in [0.15, 0.2) is 0 Å². The van der Waals surface area contributed by atoms with Crippen LogP contribution in [0.25, 0.3) is 5.57 Å². The van der Waals surface area contributed by atoms with Crippen LogP contribution in [0.5, 0.6) is 5.75 Å². The molecule has 0 radical (unpaired) electrons. The standard InChI is InChI=1S/C11H12N2O2/c1-13(2)6-9-8-5-7(14)3-4-10(8)12-11(9)15/h3-6,14H,1-2H3,(H,12,15). The highest BCUT2D eigenvalue weighted by Gasteiger charge is 2.24. The molecule has 0 saturated carbocycles. The van der Waals surface area contributed by atoms with E-state index in [-0.39, 0.29) is 11.7 Å². The molecule has 0 aromatic heterocycles. The molecule has 78 valence electrons. The zero-order valence-electron chi connectivity index (χ0n) is 8.61. The molecule has 1 aliphatic rings. The minimum Gasteiger partial charge on any atom is -0.508 e. The molecule has 0 fully saturated rings. The Morgan fingerprint density at radius 2 is 2.13 bits per heavy atom. The van der Waals surface area contributed by atoms with Crippen molar-refractivity contribution in [2.24, 2.45) is 0 Å². The lowest BCUT2D eigenvalue weighted by molar-refractivity contribution is -0.110. The van der Waals surface area contributed by atoms with E-state index in [0.29, 0.717) is 5.57 Å². The van der Waals surface area contributed by atoms with E-state index in [0.717, 1.165) is 11.3 Å². The molecule has 15 heavy (non-hydrogen) atoms. The lowest BCUT2D eigenvalue weighted by atomic mass is 10.1. The third-order valence-electron chi connectivity index (χ3n) is 2.17. The van der Waals surface area contributed by atoms with Gasteiger partial charge < -0.3 is 15.3 Å². The maximum atomic E-state index is 11.6. The Bertz CT molecular complexity index is 450. The number of nitrogens with one attached hydrogen (secondary N) is 1. The van der Waals surface area contributed by atoms with E-state index in [1.165, 1.54) is 0 Å². The molecule has 4 heteroatoms. The van der Waals surface area contributed by atoms with Gasteiger partial charge in [-0.05, 0) is 18.2 Å². The van der Waals surface area contributed by atoms with E-state index in [1.54, 1.807) is 29.3 Å². The van der Waals surface area contributed by atoms with Crippen LogP contribution in [0.3, 0.4) is 0 Å². The molecule has 1 aromatic carbocycles. The van der Waals surface area contributed by atoms with Crippen molar-refractivity contribution >= 4 is 17.2 Å². The number of anilines is 1. The quantitative estimate of drug-likeness (QED) is 0.534. The zero-order chi connectivity index (χ0) is 11.0. The molecule has 2 rings (SSSR count). The number of hydrogen-bond acceptors (Lipinski definition) is 3. The van der Waals surface area contributed by atoms with Crippen molar-refractivity contribution in [3.05, 3.63) is 30.0 Å². The summed E-state index contributed by atoms with van der Waals surface area (Å²) in [4.78, 5) is 13.4. The zero-order valence-corrected chi connectivity index (χ0v) is 8.61. The number of carbonyl (C=O) groups is 1. The van der Waals surface area contributed by atoms with Crippen molar-refractivity contribution in [3.8, 4) is 5.75 Å². The number of amides is 1. The van der Waals surface area contributed by atoms with Crippen LogP contribution in [0.2, 0.25) is 0 Å². The van der Waals surface area contributed by atoms with Crippen molar-refractivity contribution in [3.63, 3.8) is 0 Å². The summed E-state index contributed by atoms with van der Waals surface area (Å²) < 4.78 is 0. The van der Waals surface area contributed by atoms with Gasteiger partial charge in [0.05, 0.1) is 5.57 Å². The van der Waals surface area contributed by atoms with Gasteiger partial charge in [0, 0.05) is 31.5 Å². The van der Waals surface area contributed by atoms with Crippen LogP contribution in [0.1, 0.15) is 5.56 Å². The Kier molecular flexibility index (Phi) is 2.11. The monoisotopic (exact) mass is 204 g/mol. The predicted molar refractivity (Wildman–Crippen MR) is 58.4 cm³/mol. The minimum absolute atomic E-state index is 0.135. The fourth-order valence-electron chi connectivity index (χ4n) is 1.56. The fourth-order valence-corrected chi connectivity index (χ4v) is 1.56. The van der Waals surface area contributed by atoms with Gasteiger partial charge in [-0.25, -0.2) is 0 Å². The number of fused-ring (bicyclic) bond motifs is 1. The van der Waals surface area contributed by atoms with Crippen molar-refractivity contribution < 1.29 is 9.90 Å². The highest BCUT2D eigenvalue weighted by Crippen LogP contribution is 2.34. The van der Waals surface area contributed by atoms with E-state index in [4.69, 9.17) is 0 Å². The highest BCUT2D eigenvalue weighted by molar-refractivity contribution is 6.31. The number of benzene rings is 1. The van der Waals surface area contributed by atoms with Crippen molar-refractivity contribution in [1.29, 1.82) is 0 Å². The summed E-state index contributed by atoms with van der Waals surface area (Å²) in [6.07, 6.45) is 1.74. The third kappa shape index (κ3) is 1.66. The van der Waals surface area contributed by atoms with Gasteiger partial charge in [-0.15, -0.1) is 0 Å². The molecule has 0 spiro atoms. The van der Waals surface area contributed by atoms with Gasteiger partial charge in [-0.3, -0.25) is 4.79 Å². The van der Waals surface area contributed by atoms with Crippen molar-refractivity contribution in [2.75, 3.05) is 19.4 Å². The summed E-state index contributed by atoms with van der Waals surface area (Å²) in [5.41, 5.74) is 2.06. The molecule has 2 N–H and O–H groups in total. The smallest absolute Gasteiger partial charge is 0.257 e. The Morgan fingerprint density at radius 3 is 2.80 bits per heavy atom. The van der Waals surface area contributed by atoms with Gasteiger partial charge in [-0.1, -0.05) is 0 Å². The second-order valence-electron chi connectivity index (χ2n) is 3.69. The fraction of sp³-hybridized carbons (Fsp3) is 0.182. The van der Waals surface area contributed by atoms with E-state index >= 15 is 0 Å². The number of phenolic OH excluding ortho intramolecular Hbond substituents is 1. The molecule has 1 heterocycles. The Morgan fingerprint density at radius 1 is 1.40 bits per heavy atom. The van der Waals surface area contributed by atoms with Gasteiger partial charge in [0.1, 0.15) is 5.75 Å². The average Bonchev–Trinajstić information content (AvgIpc) is 2.43.